The van der Waals surface area contributed by atoms with E-state index in [4.69, 9.17) is 14.7 Å². The molecule has 146 valence electrons. The third-order valence-corrected chi connectivity index (χ3v) is 6.66. The zero-order valence-electron chi connectivity index (χ0n) is 16.0. The number of ether oxygens (including phenoxy) is 1. The van der Waals surface area contributed by atoms with Crippen LogP contribution in [-0.2, 0) is 0 Å². The largest absolute Gasteiger partial charge is 0.480 e. The molecule has 4 rings (SSSR count). The van der Waals surface area contributed by atoms with Gasteiger partial charge in [0.2, 0.25) is 5.88 Å². The molecule has 2 heterocycles. The zero-order valence-corrected chi connectivity index (χ0v) is 18.4. The number of fused-ring (bicyclic) bond motifs is 1. The molecule has 1 fully saturated rings. The summed E-state index contributed by atoms with van der Waals surface area (Å²) in [5, 5.41) is 0.955. The SMILES string of the molecule is COc1nc(C(C)N2CCN(Sc3ccc(Br)cc3)CC2)nc2ccccc12. The predicted octanol–water partition coefficient (Wildman–Crippen LogP) is 4.79. The molecule has 0 radical (unpaired) electrons. The molecule has 3 aromatic rings. The first kappa shape index (κ1) is 19.6. The second kappa shape index (κ2) is 8.78. The molecule has 1 atom stereocenters. The second-order valence-electron chi connectivity index (χ2n) is 6.79. The van der Waals surface area contributed by atoms with Gasteiger partial charge in [0, 0.05) is 35.5 Å². The first-order valence-corrected chi connectivity index (χ1v) is 10.9. The Morgan fingerprint density at radius 2 is 1.71 bits per heavy atom. The van der Waals surface area contributed by atoms with Crippen molar-refractivity contribution in [2.45, 2.75) is 17.9 Å². The summed E-state index contributed by atoms with van der Waals surface area (Å²) in [6.07, 6.45) is 0. The molecule has 2 aromatic carbocycles. The zero-order chi connectivity index (χ0) is 19.5. The molecule has 5 nitrogen and oxygen atoms in total. The van der Waals surface area contributed by atoms with Crippen LogP contribution >= 0.6 is 27.9 Å². The number of rotatable bonds is 5. The number of para-hydroxylation sites is 1. The highest BCUT2D eigenvalue weighted by Gasteiger charge is 2.25. The van der Waals surface area contributed by atoms with Crippen LogP contribution in [0.5, 0.6) is 5.88 Å². The van der Waals surface area contributed by atoms with E-state index in [1.54, 1.807) is 7.11 Å². The van der Waals surface area contributed by atoms with Crippen LogP contribution in [-0.4, -0.2) is 52.5 Å². The Bertz CT molecular complexity index is 945. The number of aromatic nitrogens is 2. The second-order valence-corrected chi connectivity index (χ2v) is 8.88. The molecule has 0 spiro atoms. The molecular formula is C21H23BrN4OS. The average Bonchev–Trinajstić information content (AvgIpc) is 2.74. The Morgan fingerprint density at radius 3 is 2.43 bits per heavy atom. The van der Waals surface area contributed by atoms with E-state index < -0.39 is 0 Å². The van der Waals surface area contributed by atoms with Crippen molar-refractivity contribution in [1.29, 1.82) is 0 Å². The van der Waals surface area contributed by atoms with Crippen LogP contribution in [0.25, 0.3) is 10.9 Å². The van der Waals surface area contributed by atoms with Gasteiger partial charge in [-0.3, -0.25) is 4.90 Å². The van der Waals surface area contributed by atoms with Gasteiger partial charge in [-0.25, -0.2) is 9.29 Å². The number of nitrogens with zero attached hydrogens (tertiary/aromatic N) is 4. The van der Waals surface area contributed by atoms with Crippen molar-refractivity contribution in [3.05, 3.63) is 58.8 Å². The van der Waals surface area contributed by atoms with Gasteiger partial charge in [-0.15, -0.1) is 0 Å². The molecule has 0 bridgehead atoms. The van der Waals surface area contributed by atoms with Crippen LogP contribution in [0.4, 0.5) is 0 Å². The Kier molecular flexibility index (Phi) is 6.16. The first-order valence-electron chi connectivity index (χ1n) is 9.37. The number of methoxy groups -OCH3 is 1. The minimum Gasteiger partial charge on any atom is -0.480 e. The van der Waals surface area contributed by atoms with Crippen molar-refractivity contribution in [3.63, 3.8) is 0 Å². The van der Waals surface area contributed by atoms with Crippen molar-refractivity contribution < 1.29 is 4.74 Å². The standard InChI is InChI=1S/C21H23BrN4OS/c1-15(20-23-19-6-4-3-5-18(19)21(24-20)27-2)25-11-13-26(14-12-25)28-17-9-7-16(22)8-10-17/h3-10,15H,11-14H2,1-2H3. The summed E-state index contributed by atoms with van der Waals surface area (Å²) in [6.45, 7) is 6.18. The third kappa shape index (κ3) is 4.33. The lowest BCUT2D eigenvalue weighted by molar-refractivity contribution is 0.146. The van der Waals surface area contributed by atoms with Gasteiger partial charge in [0.1, 0.15) is 5.82 Å². The van der Waals surface area contributed by atoms with E-state index in [9.17, 15) is 0 Å². The Labute approximate surface area is 178 Å². The van der Waals surface area contributed by atoms with E-state index in [2.05, 4.69) is 56.3 Å². The highest BCUT2D eigenvalue weighted by atomic mass is 79.9. The highest BCUT2D eigenvalue weighted by molar-refractivity contribution is 9.10. The minimum atomic E-state index is 0.151. The highest BCUT2D eigenvalue weighted by Crippen LogP contribution is 2.29. The molecular weight excluding hydrogens is 436 g/mol. The van der Waals surface area contributed by atoms with Crippen LogP contribution in [0.2, 0.25) is 0 Å². The van der Waals surface area contributed by atoms with E-state index in [1.807, 2.05) is 36.2 Å². The van der Waals surface area contributed by atoms with Crippen molar-refractivity contribution >= 4 is 38.8 Å². The summed E-state index contributed by atoms with van der Waals surface area (Å²) in [6, 6.07) is 16.6. The van der Waals surface area contributed by atoms with Crippen LogP contribution in [0.3, 0.4) is 0 Å². The first-order chi connectivity index (χ1) is 13.6. The Hall–Kier alpha value is -1.67. The van der Waals surface area contributed by atoms with Crippen molar-refractivity contribution in [1.82, 2.24) is 19.2 Å². The molecule has 1 unspecified atom stereocenters. The number of piperazine rings is 1. The fourth-order valence-corrected chi connectivity index (χ4v) is 4.56. The van der Waals surface area contributed by atoms with Gasteiger partial charge in [-0.05, 0) is 55.3 Å². The molecule has 0 saturated carbocycles. The topological polar surface area (TPSA) is 41.5 Å². The number of hydrogen-bond acceptors (Lipinski definition) is 6. The molecule has 0 aliphatic carbocycles. The summed E-state index contributed by atoms with van der Waals surface area (Å²) in [4.78, 5) is 13.2. The molecule has 0 N–H and O–H groups in total. The number of benzene rings is 2. The Balaban J connectivity index is 1.43. The van der Waals surface area contributed by atoms with Gasteiger partial charge >= 0.3 is 0 Å². The molecule has 1 aliphatic heterocycles. The van der Waals surface area contributed by atoms with E-state index in [1.165, 1.54) is 4.90 Å². The fraction of sp³-hybridized carbons (Fsp3) is 0.333. The summed E-state index contributed by atoms with van der Waals surface area (Å²) in [7, 11) is 1.67. The van der Waals surface area contributed by atoms with E-state index in [-0.39, 0.29) is 6.04 Å². The lowest BCUT2D eigenvalue weighted by Gasteiger charge is -2.36. The molecule has 1 saturated heterocycles. The van der Waals surface area contributed by atoms with Gasteiger partial charge in [0.25, 0.3) is 0 Å². The molecule has 7 heteroatoms. The number of hydrogen-bond donors (Lipinski definition) is 0. The van der Waals surface area contributed by atoms with Crippen LogP contribution in [0.15, 0.2) is 57.9 Å². The minimum absolute atomic E-state index is 0.151. The average molecular weight is 459 g/mol. The predicted molar refractivity (Wildman–Crippen MR) is 118 cm³/mol. The fourth-order valence-electron chi connectivity index (χ4n) is 3.40. The maximum absolute atomic E-state index is 5.51. The van der Waals surface area contributed by atoms with Gasteiger partial charge < -0.3 is 4.74 Å². The Morgan fingerprint density at radius 1 is 1.00 bits per heavy atom. The summed E-state index contributed by atoms with van der Waals surface area (Å²) >= 11 is 5.32. The van der Waals surface area contributed by atoms with E-state index in [0.717, 1.165) is 47.4 Å². The molecule has 1 aliphatic rings. The van der Waals surface area contributed by atoms with Crippen LogP contribution < -0.4 is 4.74 Å². The normalized spacial score (nSPS) is 17.0. The summed E-state index contributed by atoms with van der Waals surface area (Å²) < 4.78 is 9.05. The third-order valence-electron chi connectivity index (χ3n) is 5.02. The quantitative estimate of drug-likeness (QED) is 0.512. The maximum Gasteiger partial charge on any atom is 0.224 e. The molecule has 0 amide bonds. The van der Waals surface area contributed by atoms with Gasteiger partial charge in [-0.1, -0.05) is 28.1 Å². The summed E-state index contributed by atoms with van der Waals surface area (Å²) in [5.74, 6) is 1.47. The maximum atomic E-state index is 5.51. The van der Waals surface area contributed by atoms with E-state index in [0.29, 0.717) is 5.88 Å². The van der Waals surface area contributed by atoms with Gasteiger partial charge in [-0.2, -0.15) is 4.98 Å². The molecule has 1 aromatic heterocycles. The van der Waals surface area contributed by atoms with Crippen molar-refractivity contribution in [2.24, 2.45) is 0 Å². The van der Waals surface area contributed by atoms with E-state index >= 15 is 0 Å². The molecule has 28 heavy (non-hydrogen) atoms. The monoisotopic (exact) mass is 458 g/mol. The van der Waals surface area contributed by atoms with Gasteiger partial charge in [0.05, 0.1) is 24.1 Å². The smallest absolute Gasteiger partial charge is 0.224 e. The van der Waals surface area contributed by atoms with Crippen molar-refractivity contribution in [2.75, 3.05) is 33.3 Å². The lowest BCUT2D eigenvalue weighted by atomic mass is 10.2. The number of halogens is 1. The lowest BCUT2D eigenvalue weighted by Crippen LogP contribution is -2.44. The van der Waals surface area contributed by atoms with Crippen molar-refractivity contribution in [3.8, 4) is 5.88 Å². The van der Waals surface area contributed by atoms with Crippen LogP contribution in [0, 0.1) is 0 Å². The van der Waals surface area contributed by atoms with Gasteiger partial charge in [0.15, 0.2) is 0 Å². The summed E-state index contributed by atoms with van der Waals surface area (Å²) in [5.41, 5.74) is 0.931. The van der Waals surface area contributed by atoms with Crippen LogP contribution in [0.1, 0.15) is 18.8 Å².